The van der Waals surface area contributed by atoms with E-state index >= 15 is 0 Å². The van der Waals surface area contributed by atoms with Gasteiger partial charge in [0.2, 0.25) is 0 Å². The van der Waals surface area contributed by atoms with Gasteiger partial charge in [0.15, 0.2) is 5.78 Å². The Morgan fingerprint density at radius 2 is 1.74 bits per heavy atom. The second-order valence-electron chi connectivity index (χ2n) is 5.41. The molecule has 7 heteroatoms. The SMILES string of the molecule is CC1=CC(=O)C(C(C)C)=CC1=NOS(=O)(=O)c1ccc(F)cc1. The van der Waals surface area contributed by atoms with Gasteiger partial charge in [0.05, 0.1) is 0 Å². The van der Waals surface area contributed by atoms with E-state index in [9.17, 15) is 17.6 Å². The Hall–Kier alpha value is -2.28. The standard InChI is InChI=1S/C16H16FNO4S/c1-10(2)14-9-15(11(3)8-16(14)19)18-22-23(20,21)13-6-4-12(17)5-7-13/h4-10H,1-3H3. The van der Waals surface area contributed by atoms with Gasteiger partial charge in [0.25, 0.3) is 0 Å². The van der Waals surface area contributed by atoms with Crippen LogP contribution in [0.5, 0.6) is 0 Å². The number of hydrogen-bond donors (Lipinski definition) is 0. The molecule has 0 atom stereocenters. The molecule has 2 rings (SSSR count). The number of halogens is 1. The molecule has 0 N–H and O–H groups in total. The second kappa shape index (κ2) is 6.45. The maximum atomic E-state index is 12.8. The fraction of sp³-hybridized carbons (Fsp3) is 0.250. The van der Waals surface area contributed by atoms with Crippen molar-refractivity contribution in [1.29, 1.82) is 0 Å². The number of allylic oxidation sites excluding steroid dienone is 4. The van der Waals surface area contributed by atoms with E-state index < -0.39 is 15.9 Å². The minimum absolute atomic E-state index is 0.0224. The van der Waals surface area contributed by atoms with Crippen molar-refractivity contribution in [2.45, 2.75) is 25.7 Å². The lowest BCUT2D eigenvalue weighted by molar-refractivity contribution is -0.111. The molecule has 0 amide bonds. The lowest BCUT2D eigenvalue weighted by Gasteiger charge is -2.14. The van der Waals surface area contributed by atoms with Crippen LogP contribution in [0.1, 0.15) is 20.8 Å². The lowest BCUT2D eigenvalue weighted by Crippen LogP contribution is -2.16. The van der Waals surface area contributed by atoms with Crippen LogP contribution in [-0.2, 0) is 19.2 Å². The summed E-state index contributed by atoms with van der Waals surface area (Å²) in [5, 5.41) is 3.64. The normalized spacial score (nSPS) is 17.3. The average Bonchev–Trinajstić information content (AvgIpc) is 2.46. The predicted molar refractivity (Wildman–Crippen MR) is 83.8 cm³/mol. The number of carbonyl (C=O) groups excluding carboxylic acids is 1. The molecule has 1 aliphatic carbocycles. The first-order valence-electron chi connectivity index (χ1n) is 6.92. The van der Waals surface area contributed by atoms with Crippen molar-refractivity contribution in [3.05, 3.63) is 53.4 Å². The van der Waals surface area contributed by atoms with Gasteiger partial charge < -0.3 is 0 Å². The Bertz CT molecular complexity index is 818. The van der Waals surface area contributed by atoms with Gasteiger partial charge in [-0.1, -0.05) is 19.0 Å². The van der Waals surface area contributed by atoms with Gasteiger partial charge >= 0.3 is 10.1 Å². The van der Waals surface area contributed by atoms with Crippen molar-refractivity contribution in [3.63, 3.8) is 0 Å². The summed E-state index contributed by atoms with van der Waals surface area (Å²) in [6.45, 7) is 5.34. The summed E-state index contributed by atoms with van der Waals surface area (Å²) in [4.78, 5) is 11.6. The van der Waals surface area contributed by atoms with Crippen molar-refractivity contribution in [3.8, 4) is 0 Å². The third kappa shape index (κ3) is 3.92. The maximum absolute atomic E-state index is 12.8. The summed E-state index contributed by atoms with van der Waals surface area (Å²) < 4.78 is 41.5. The third-order valence-corrected chi connectivity index (χ3v) is 4.41. The number of benzene rings is 1. The van der Waals surface area contributed by atoms with Crippen molar-refractivity contribution in [1.82, 2.24) is 0 Å². The van der Waals surface area contributed by atoms with Crippen molar-refractivity contribution < 1.29 is 21.9 Å². The number of oxime groups is 1. The van der Waals surface area contributed by atoms with Gasteiger partial charge in [-0.25, -0.2) is 4.39 Å². The Labute approximate surface area is 134 Å². The molecule has 0 spiro atoms. The zero-order chi connectivity index (χ0) is 17.2. The first-order chi connectivity index (χ1) is 10.7. The fourth-order valence-corrected chi connectivity index (χ4v) is 2.70. The van der Waals surface area contributed by atoms with E-state index in [1.54, 1.807) is 6.92 Å². The van der Waals surface area contributed by atoms with Crippen LogP contribution in [-0.4, -0.2) is 19.9 Å². The quantitative estimate of drug-likeness (QED) is 0.625. The Morgan fingerprint density at radius 3 is 2.30 bits per heavy atom. The largest absolute Gasteiger partial charge is 0.358 e. The van der Waals surface area contributed by atoms with Gasteiger partial charge in [0.1, 0.15) is 16.4 Å². The molecule has 1 aromatic carbocycles. The number of nitrogens with zero attached hydrogens (tertiary/aromatic N) is 1. The highest BCUT2D eigenvalue weighted by Crippen LogP contribution is 2.20. The Kier molecular flexibility index (Phi) is 4.79. The van der Waals surface area contributed by atoms with Crippen LogP contribution in [0.25, 0.3) is 0 Å². The zero-order valence-electron chi connectivity index (χ0n) is 12.9. The van der Waals surface area contributed by atoms with Crippen molar-refractivity contribution in [2.24, 2.45) is 11.1 Å². The highest BCUT2D eigenvalue weighted by molar-refractivity contribution is 7.86. The van der Waals surface area contributed by atoms with Crippen LogP contribution in [0, 0.1) is 11.7 Å². The highest BCUT2D eigenvalue weighted by atomic mass is 32.2. The van der Waals surface area contributed by atoms with E-state index in [-0.39, 0.29) is 22.3 Å². The first-order valence-corrected chi connectivity index (χ1v) is 8.33. The summed E-state index contributed by atoms with van der Waals surface area (Å²) in [5.41, 5.74) is 1.30. The summed E-state index contributed by atoms with van der Waals surface area (Å²) in [6, 6.07) is 4.22. The van der Waals surface area contributed by atoms with Gasteiger partial charge in [-0.3, -0.25) is 9.08 Å². The zero-order valence-corrected chi connectivity index (χ0v) is 13.7. The molecule has 1 aliphatic rings. The summed E-state index contributed by atoms with van der Waals surface area (Å²) in [7, 11) is -4.15. The van der Waals surface area contributed by atoms with Crippen molar-refractivity contribution in [2.75, 3.05) is 0 Å². The van der Waals surface area contributed by atoms with Crippen LogP contribution in [0.15, 0.2) is 57.6 Å². The molecule has 0 fully saturated rings. The van der Waals surface area contributed by atoms with E-state index in [4.69, 9.17) is 0 Å². The van der Waals surface area contributed by atoms with E-state index in [0.717, 1.165) is 24.3 Å². The second-order valence-corrected chi connectivity index (χ2v) is 6.93. The highest BCUT2D eigenvalue weighted by Gasteiger charge is 2.21. The van der Waals surface area contributed by atoms with Crippen LogP contribution >= 0.6 is 0 Å². The maximum Gasteiger partial charge on any atom is 0.358 e. The minimum atomic E-state index is -4.15. The number of ketones is 1. The summed E-state index contributed by atoms with van der Waals surface area (Å²) in [5.74, 6) is -0.701. The summed E-state index contributed by atoms with van der Waals surface area (Å²) in [6.07, 6.45) is 2.91. The average molecular weight is 337 g/mol. The molecule has 23 heavy (non-hydrogen) atoms. The number of carbonyl (C=O) groups is 1. The molecule has 5 nitrogen and oxygen atoms in total. The first kappa shape index (κ1) is 17.1. The van der Waals surface area contributed by atoms with E-state index in [1.165, 1.54) is 12.2 Å². The summed E-state index contributed by atoms with van der Waals surface area (Å²) >= 11 is 0. The molecule has 0 saturated heterocycles. The molecule has 0 bridgehead atoms. The molecule has 0 saturated carbocycles. The lowest BCUT2D eigenvalue weighted by atomic mass is 9.90. The van der Waals surface area contributed by atoms with E-state index in [0.29, 0.717) is 11.1 Å². The molecule has 0 heterocycles. The molecular formula is C16H16FNO4S. The third-order valence-electron chi connectivity index (χ3n) is 3.29. The minimum Gasteiger partial charge on any atom is -0.290 e. The molecule has 0 aliphatic heterocycles. The molecule has 0 radical (unpaired) electrons. The number of hydrogen-bond acceptors (Lipinski definition) is 5. The Morgan fingerprint density at radius 1 is 1.13 bits per heavy atom. The van der Waals surface area contributed by atoms with Crippen LogP contribution in [0.3, 0.4) is 0 Å². The number of rotatable bonds is 4. The molecule has 1 aromatic rings. The fourth-order valence-electron chi connectivity index (χ4n) is 1.97. The van der Waals surface area contributed by atoms with Crippen LogP contribution in [0.4, 0.5) is 4.39 Å². The van der Waals surface area contributed by atoms with E-state index in [2.05, 4.69) is 9.44 Å². The van der Waals surface area contributed by atoms with Gasteiger partial charge in [-0.2, -0.15) is 8.42 Å². The molecule has 0 unspecified atom stereocenters. The smallest absolute Gasteiger partial charge is 0.290 e. The Balaban J connectivity index is 2.29. The van der Waals surface area contributed by atoms with Crippen LogP contribution < -0.4 is 0 Å². The monoisotopic (exact) mass is 337 g/mol. The van der Waals surface area contributed by atoms with Crippen molar-refractivity contribution >= 4 is 21.6 Å². The molecule has 0 aromatic heterocycles. The molecule has 122 valence electrons. The van der Waals surface area contributed by atoms with Gasteiger partial charge in [-0.15, -0.1) is 0 Å². The predicted octanol–water partition coefficient (Wildman–Crippen LogP) is 3.00. The molecular weight excluding hydrogens is 321 g/mol. The van der Waals surface area contributed by atoms with Gasteiger partial charge in [-0.05, 0) is 54.8 Å². The van der Waals surface area contributed by atoms with Crippen LogP contribution in [0.2, 0.25) is 0 Å². The van der Waals surface area contributed by atoms with E-state index in [1.807, 2.05) is 13.8 Å². The topological polar surface area (TPSA) is 72.8 Å². The van der Waals surface area contributed by atoms with Gasteiger partial charge in [0, 0.05) is 5.57 Å².